The first-order valence-corrected chi connectivity index (χ1v) is 17.7. The molecule has 0 aliphatic carbocycles. The monoisotopic (exact) mass is 638 g/mol. The van der Waals surface area contributed by atoms with Crippen LogP contribution in [0.25, 0.3) is 12.2 Å². The molecule has 0 amide bonds. The zero-order valence-electron chi connectivity index (χ0n) is 28.4. The van der Waals surface area contributed by atoms with Crippen LogP contribution in [-0.4, -0.2) is 0 Å². The molecular weight excluding hydrogens is 593 g/mol. The summed E-state index contributed by atoms with van der Waals surface area (Å²) in [5, 5.41) is 0. The fourth-order valence-corrected chi connectivity index (χ4v) is 6.20. The molecule has 0 unspecified atom stereocenters. The number of ether oxygens (including phenoxy) is 1. The van der Waals surface area contributed by atoms with E-state index in [0.29, 0.717) is 0 Å². The molecule has 6 aromatic rings. The summed E-state index contributed by atoms with van der Waals surface area (Å²) in [6.45, 7) is 0. The Morgan fingerprint density at radius 1 is 0.367 bits per heavy atom. The molecule has 0 fully saturated rings. The number of hydrogen-bond donors (Lipinski definition) is 0. The Kier molecular flexibility index (Phi) is 12.5. The molecule has 6 aromatic carbocycles. The van der Waals surface area contributed by atoms with Gasteiger partial charge in [0.25, 0.3) is 0 Å². The Labute approximate surface area is 293 Å². The van der Waals surface area contributed by atoms with E-state index in [1.54, 1.807) is 0 Å². The number of aryl methyl sites for hydroxylation is 2. The molecular formula is C48H46O. The van der Waals surface area contributed by atoms with Crippen molar-refractivity contribution in [3.8, 4) is 11.5 Å². The molecule has 1 heteroatoms. The van der Waals surface area contributed by atoms with Crippen LogP contribution in [0.4, 0.5) is 0 Å². The van der Waals surface area contributed by atoms with Crippen LogP contribution in [0.5, 0.6) is 11.5 Å². The Morgan fingerprint density at radius 2 is 0.735 bits per heavy atom. The highest BCUT2D eigenvalue weighted by Crippen LogP contribution is 2.32. The van der Waals surface area contributed by atoms with Gasteiger partial charge in [-0.3, -0.25) is 0 Å². The van der Waals surface area contributed by atoms with E-state index < -0.39 is 0 Å². The summed E-state index contributed by atoms with van der Waals surface area (Å²) >= 11 is 0. The van der Waals surface area contributed by atoms with Gasteiger partial charge in [0, 0.05) is 11.1 Å². The fraction of sp³-hybridized carbons (Fsp3) is 0.167. The predicted octanol–water partition coefficient (Wildman–Crippen LogP) is 12.7. The van der Waals surface area contributed by atoms with E-state index in [0.717, 1.165) is 74.0 Å². The predicted molar refractivity (Wildman–Crippen MR) is 208 cm³/mol. The van der Waals surface area contributed by atoms with Crippen LogP contribution in [0.15, 0.2) is 170 Å². The van der Waals surface area contributed by atoms with E-state index in [2.05, 4.69) is 182 Å². The summed E-state index contributed by atoms with van der Waals surface area (Å²) < 4.78 is 6.80. The van der Waals surface area contributed by atoms with E-state index in [-0.39, 0.29) is 0 Å². The zero-order chi connectivity index (χ0) is 33.4. The molecule has 0 aliphatic rings. The summed E-state index contributed by atoms with van der Waals surface area (Å²) in [7, 11) is 0. The molecule has 0 spiro atoms. The van der Waals surface area contributed by atoms with Gasteiger partial charge in [-0.05, 0) is 109 Å². The first-order valence-electron chi connectivity index (χ1n) is 17.7. The molecule has 0 radical (unpaired) electrons. The maximum Gasteiger partial charge on any atom is 0.134 e. The molecule has 0 saturated heterocycles. The third-order valence-electron chi connectivity index (χ3n) is 8.82. The smallest absolute Gasteiger partial charge is 0.134 e. The van der Waals surface area contributed by atoms with Crippen molar-refractivity contribution in [2.75, 3.05) is 0 Å². The summed E-state index contributed by atoms with van der Waals surface area (Å²) in [6, 6.07) is 56.1. The first kappa shape index (κ1) is 33.5. The second kappa shape index (κ2) is 18.2. The summed E-state index contributed by atoms with van der Waals surface area (Å²) in [5.74, 6) is 1.76. The van der Waals surface area contributed by atoms with Crippen LogP contribution in [0.2, 0.25) is 0 Å². The van der Waals surface area contributed by atoms with Gasteiger partial charge < -0.3 is 4.74 Å². The van der Waals surface area contributed by atoms with Crippen molar-refractivity contribution in [3.05, 3.63) is 214 Å². The summed E-state index contributed by atoms with van der Waals surface area (Å²) in [4.78, 5) is 0. The van der Waals surface area contributed by atoms with E-state index >= 15 is 0 Å². The van der Waals surface area contributed by atoms with Crippen molar-refractivity contribution in [1.82, 2.24) is 0 Å². The molecule has 0 aromatic heterocycles. The van der Waals surface area contributed by atoms with Crippen LogP contribution >= 0.6 is 0 Å². The Morgan fingerprint density at radius 3 is 1.12 bits per heavy atom. The first-order chi connectivity index (χ1) is 24.3. The molecule has 0 atom stereocenters. The minimum atomic E-state index is 0.880. The van der Waals surface area contributed by atoms with Gasteiger partial charge >= 0.3 is 0 Å². The lowest BCUT2D eigenvalue weighted by molar-refractivity contribution is 0.480. The van der Waals surface area contributed by atoms with Crippen LogP contribution in [-0.2, 0) is 25.7 Å². The maximum absolute atomic E-state index is 6.80. The highest BCUT2D eigenvalue weighted by molar-refractivity contribution is 5.63. The van der Waals surface area contributed by atoms with Crippen molar-refractivity contribution in [1.29, 1.82) is 0 Å². The quantitative estimate of drug-likeness (QED) is 0.0959. The van der Waals surface area contributed by atoms with E-state index in [1.807, 2.05) is 0 Å². The highest BCUT2D eigenvalue weighted by Gasteiger charge is 2.10. The summed E-state index contributed by atoms with van der Waals surface area (Å²) in [5.41, 5.74) is 10.2. The largest absolute Gasteiger partial charge is 0.456 e. The van der Waals surface area contributed by atoms with Gasteiger partial charge in [0.05, 0.1) is 0 Å². The normalized spacial score (nSPS) is 11.3. The van der Waals surface area contributed by atoms with Crippen LogP contribution in [0, 0.1) is 0 Å². The Hall–Kier alpha value is -5.40. The highest BCUT2D eigenvalue weighted by atomic mass is 16.5. The van der Waals surface area contributed by atoms with Gasteiger partial charge in [0.2, 0.25) is 0 Å². The molecule has 244 valence electrons. The number of unbranched alkanes of at least 4 members (excludes halogenated alkanes) is 2. The average molecular weight is 639 g/mol. The fourth-order valence-electron chi connectivity index (χ4n) is 6.20. The molecule has 6 rings (SSSR count). The maximum atomic E-state index is 6.80. The average Bonchev–Trinajstić information content (AvgIpc) is 3.15. The third kappa shape index (κ3) is 10.8. The van der Waals surface area contributed by atoms with Gasteiger partial charge in [-0.15, -0.1) is 0 Å². The van der Waals surface area contributed by atoms with Crippen LogP contribution in [0.1, 0.15) is 70.2 Å². The van der Waals surface area contributed by atoms with Gasteiger partial charge in [-0.1, -0.05) is 158 Å². The third-order valence-corrected chi connectivity index (χ3v) is 8.82. The standard InChI is InChI=1S/C48H46O/c1-7-19-39(20-8-1)23-11-5-17-29-45-37-43(35-41-25-13-3-14-26-41)31-33-47(45)49-48-34-32-44(36-42-27-15-4-16-28-42)38-46(48)30-18-6-12-24-40-21-9-2-10-22-40/h1-4,7-10,13-22,25-34,37-38H,5-6,11-12,23-24,35-36H2. The van der Waals surface area contributed by atoms with E-state index in [4.69, 9.17) is 4.74 Å². The van der Waals surface area contributed by atoms with Crippen molar-refractivity contribution in [3.63, 3.8) is 0 Å². The van der Waals surface area contributed by atoms with Gasteiger partial charge in [-0.25, -0.2) is 0 Å². The minimum Gasteiger partial charge on any atom is -0.456 e. The number of rotatable bonds is 16. The van der Waals surface area contributed by atoms with Crippen molar-refractivity contribution in [2.24, 2.45) is 0 Å². The second-order valence-electron chi connectivity index (χ2n) is 12.7. The van der Waals surface area contributed by atoms with Crippen molar-refractivity contribution >= 4 is 12.2 Å². The van der Waals surface area contributed by atoms with Gasteiger partial charge in [-0.2, -0.15) is 0 Å². The minimum absolute atomic E-state index is 0.880. The number of hydrogen-bond acceptors (Lipinski definition) is 1. The van der Waals surface area contributed by atoms with Gasteiger partial charge in [0.1, 0.15) is 11.5 Å². The van der Waals surface area contributed by atoms with Crippen LogP contribution in [0.3, 0.4) is 0 Å². The van der Waals surface area contributed by atoms with E-state index in [9.17, 15) is 0 Å². The molecule has 0 saturated carbocycles. The molecule has 49 heavy (non-hydrogen) atoms. The lowest BCUT2D eigenvalue weighted by Gasteiger charge is -2.15. The number of benzene rings is 6. The van der Waals surface area contributed by atoms with E-state index in [1.165, 1.54) is 33.4 Å². The zero-order valence-corrected chi connectivity index (χ0v) is 28.4. The lowest BCUT2D eigenvalue weighted by Crippen LogP contribution is -1.95. The Bertz CT molecular complexity index is 1760. The van der Waals surface area contributed by atoms with Crippen molar-refractivity contribution in [2.45, 2.75) is 51.4 Å². The summed E-state index contributed by atoms with van der Waals surface area (Å²) in [6.07, 6.45) is 17.3. The topological polar surface area (TPSA) is 9.23 Å². The SMILES string of the molecule is C(=Cc1cc(Cc2ccccc2)ccc1Oc1ccc(Cc2ccccc2)cc1C=CCCCc1ccccc1)CCCc1ccccc1. The van der Waals surface area contributed by atoms with Crippen molar-refractivity contribution < 1.29 is 4.74 Å². The van der Waals surface area contributed by atoms with Gasteiger partial charge in [0.15, 0.2) is 0 Å². The molecule has 1 nitrogen and oxygen atoms in total. The molecule has 0 aliphatic heterocycles. The van der Waals surface area contributed by atoms with Crippen LogP contribution < -0.4 is 4.74 Å². The molecule has 0 bridgehead atoms. The second-order valence-corrected chi connectivity index (χ2v) is 12.7. The molecule has 0 heterocycles. The Balaban J connectivity index is 1.22. The lowest BCUT2D eigenvalue weighted by atomic mass is 10.0. The number of allylic oxidation sites excluding steroid dienone is 2. The molecule has 0 N–H and O–H groups in total.